The van der Waals surface area contributed by atoms with E-state index in [4.69, 9.17) is 4.74 Å². The maximum Gasteiger partial charge on any atom is 0.341 e. The Hall–Kier alpha value is -3.48. The van der Waals surface area contributed by atoms with Crippen LogP contribution in [0.5, 0.6) is 0 Å². The van der Waals surface area contributed by atoms with E-state index in [0.717, 1.165) is 37.1 Å². The number of benzene rings is 2. The molecule has 0 aliphatic heterocycles. The molecule has 7 heteroatoms. The molecule has 2 aromatic carbocycles. The van der Waals surface area contributed by atoms with E-state index in [2.05, 4.69) is 5.10 Å². The first-order valence-electron chi connectivity index (χ1n) is 11.9. The lowest BCUT2D eigenvalue weighted by Gasteiger charge is -2.18. The fraction of sp³-hybridized carbons (Fsp3) is 0.370. The molecule has 2 aliphatic rings. The maximum atomic E-state index is 15.5. The van der Waals surface area contributed by atoms with E-state index in [0.29, 0.717) is 35.8 Å². The van der Waals surface area contributed by atoms with Crippen LogP contribution in [0.3, 0.4) is 0 Å². The van der Waals surface area contributed by atoms with E-state index in [-0.39, 0.29) is 23.4 Å². The van der Waals surface area contributed by atoms with Crippen molar-refractivity contribution in [1.29, 1.82) is 0 Å². The molecule has 0 unspecified atom stereocenters. The van der Waals surface area contributed by atoms with Crippen LogP contribution in [0, 0.1) is 11.7 Å². The van der Waals surface area contributed by atoms with Crippen LogP contribution in [0.1, 0.15) is 64.9 Å². The summed E-state index contributed by atoms with van der Waals surface area (Å²) in [5.41, 5.74) is 3.13. The van der Waals surface area contributed by atoms with Gasteiger partial charge < -0.3 is 9.64 Å². The molecule has 1 heterocycles. The Bertz CT molecular complexity index is 1240. The Morgan fingerprint density at radius 2 is 1.88 bits per heavy atom. The van der Waals surface area contributed by atoms with Gasteiger partial charge in [0.25, 0.3) is 5.91 Å². The first-order valence-corrected chi connectivity index (χ1v) is 11.9. The second-order valence-electron chi connectivity index (χ2n) is 9.20. The Kier molecular flexibility index (Phi) is 5.94. The smallest absolute Gasteiger partial charge is 0.341 e. The van der Waals surface area contributed by atoms with E-state index in [1.165, 1.54) is 0 Å². The Labute approximate surface area is 198 Å². The number of amides is 1. The lowest BCUT2D eigenvalue weighted by atomic mass is 10.0. The fourth-order valence-corrected chi connectivity index (χ4v) is 4.38. The highest BCUT2D eigenvalue weighted by atomic mass is 19.1. The minimum Gasteiger partial charge on any atom is -0.462 e. The quantitative estimate of drug-likeness (QED) is 0.432. The molecule has 0 bridgehead atoms. The molecule has 0 spiro atoms. The number of nitrogens with zero attached hydrogens (tertiary/aromatic N) is 3. The molecule has 1 aromatic heterocycles. The molecule has 1 amide bonds. The Morgan fingerprint density at radius 3 is 2.59 bits per heavy atom. The predicted molar refractivity (Wildman–Crippen MR) is 127 cm³/mol. The van der Waals surface area contributed by atoms with Gasteiger partial charge in [-0.1, -0.05) is 24.3 Å². The topological polar surface area (TPSA) is 64.4 Å². The third-order valence-corrected chi connectivity index (χ3v) is 6.47. The molecule has 0 radical (unpaired) electrons. The summed E-state index contributed by atoms with van der Waals surface area (Å²) in [5, 5.41) is 4.47. The molecule has 34 heavy (non-hydrogen) atoms. The van der Waals surface area contributed by atoms with E-state index < -0.39 is 5.82 Å². The summed E-state index contributed by atoms with van der Waals surface area (Å²) in [6.45, 7) is 2.73. The number of rotatable bonds is 8. The van der Waals surface area contributed by atoms with Crippen LogP contribution in [0.4, 0.5) is 4.39 Å². The number of carbonyl (C=O) groups is 2. The van der Waals surface area contributed by atoms with E-state index in [9.17, 15) is 9.59 Å². The standard InChI is InChI=1S/C27H28FN3O3/c1-3-34-27(33)23-15-29-31(25(23)18-12-13-18)20-7-4-6-19(14-20)21-8-5-9-22(24(21)28)26(32)30(2)16-17-10-11-17/h4-9,14-15,17-18H,3,10-13,16H2,1-2H3. The van der Waals surface area contributed by atoms with Gasteiger partial charge in [0.2, 0.25) is 0 Å². The molecule has 176 valence electrons. The number of hydrogen-bond acceptors (Lipinski definition) is 4. The van der Waals surface area contributed by atoms with Crippen LogP contribution < -0.4 is 0 Å². The third-order valence-electron chi connectivity index (χ3n) is 6.47. The molecule has 3 aromatic rings. The number of carbonyl (C=O) groups excluding carboxylic acids is 2. The summed E-state index contributed by atoms with van der Waals surface area (Å²) >= 11 is 0. The average molecular weight is 462 g/mol. The average Bonchev–Trinajstić information content (AvgIpc) is 3.78. The number of aromatic nitrogens is 2. The number of halogens is 1. The highest BCUT2D eigenvalue weighted by molar-refractivity contribution is 5.96. The first kappa shape index (κ1) is 22.3. The number of esters is 1. The van der Waals surface area contributed by atoms with Gasteiger partial charge in [-0.25, -0.2) is 13.9 Å². The van der Waals surface area contributed by atoms with Crippen molar-refractivity contribution in [3.63, 3.8) is 0 Å². The van der Waals surface area contributed by atoms with Crippen LogP contribution in [-0.4, -0.2) is 46.8 Å². The van der Waals surface area contributed by atoms with Crippen molar-refractivity contribution in [3.05, 3.63) is 71.3 Å². The third kappa shape index (κ3) is 4.34. The minimum atomic E-state index is -0.526. The predicted octanol–water partition coefficient (Wildman–Crippen LogP) is 5.21. The van der Waals surface area contributed by atoms with Crippen molar-refractivity contribution in [2.24, 2.45) is 5.92 Å². The van der Waals surface area contributed by atoms with Crippen molar-refractivity contribution < 1.29 is 18.7 Å². The highest BCUT2D eigenvalue weighted by Crippen LogP contribution is 2.43. The molecule has 2 fully saturated rings. The summed E-state index contributed by atoms with van der Waals surface area (Å²) in [6.07, 6.45) is 5.78. The molecule has 2 aliphatic carbocycles. The minimum absolute atomic E-state index is 0.0772. The van der Waals surface area contributed by atoms with Gasteiger partial charge in [0, 0.05) is 25.1 Å². The molecule has 0 N–H and O–H groups in total. The molecular weight excluding hydrogens is 433 g/mol. The maximum absolute atomic E-state index is 15.5. The van der Waals surface area contributed by atoms with Gasteiger partial charge in [-0.3, -0.25) is 4.79 Å². The summed E-state index contributed by atoms with van der Waals surface area (Å²) in [7, 11) is 1.73. The number of ether oxygens (including phenoxy) is 1. The molecular formula is C27H28FN3O3. The van der Waals surface area contributed by atoms with Crippen molar-refractivity contribution in [2.75, 3.05) is 20.2 Å². The summed E-state index contributed by atoms with van der Waals surface area (Å²) in [4.78, 5) is 26.9. The SMILES string of the molecule is CCOC(=O)c1cnn(-c2cccc(-c3cccc(C(=O)N(C)CC4CC4)c3F)c2)c1C1CC1. The van der Waals surface area contributed by atoms with Gasteiger partial charge >= 0.3 is 5.97 Å². The van der Waals surface area contributed by atoms with Gasteiger partial charge in [0.15, 0.2) is 0 Å². The van der Waals surface area contributed by atoms with Crippen molar-refractivity contribution in [1.82, 2.24) is 14.7 Å². The zero-order chi connectivity index (χ0) is 23.8. The second kappa shape index (κ2) is 9.05. The van der Waals surface area contributed by atoms with Gasteiger partial charge in [-0.2, -0.15) is 5.10 Å². The Morgan fingerprint density at radius 1 is 1.12 bits per heavy atom. The highest BCUT2D eigenvalue weighted by Gasteiger charge is 2.33. The summed E-state index contributed by atoms with van der Waals surface area (Å²) in [5.74, 6) is -0.414. The van der Waals surface area contributed by atoms with Gasteiger partial charge in [-0.05, 0) is 62.3 Å². The molecule has 5 rings (SSSR count). The summed E-state index contributed by atoms with van der Waals surface area (Å²) < 4.78 is 22.5. The van der Waals surface area contributed by atoms with Crippen LogP contribution in [0.2, 0.25) is 0 Å². The monoisotopic (exact) mass is 461 g/mol. The lowest BCUT2D eigenvalue weighted by Crippen LogP contribution is -2.29. The van der Waals surface area contributed by atoms with Crippen LogP contribution >= 0.6 is 0 Å². The van der Waals surface area contributed by atoms with Gasteiger partial charge in [0.05, 0.1) is 29.7 Å². The molecule has 0 saturated heterocycles. The largest absolute Gasteiger partial charge is 0.462 e. The molecule has 6 nitrogen and oxygen atoms in total. The zero-order valence-corrected chi connectivity index (χ0v) is 19.5. The molecule has 2 saturated carbocycles. The fourth-order valence-electron chi connectivity index (χ4n) is 4.38. The van der Waals surface area contributed by atoms with Crippen LogP contribution in [0.25, 0.3) is 16.8 Å². The van der Waals surface area contributed by atoms with E-state index >= 15 is 4.39 Å². The van der Waals surface area contributed by atoms with Crippen LogP contribution in [0.15, 0.2) is 48.7 Å². The zero-order valence-electron chi connectivity index (χ0n) is 19.5. The first-order chi connectivity index (χ1) is 16.5. The second-order valence-corrected chi connectivity index (χ2v) is 9.20. The lowest BCUT2D eigenvalue weighted by molar-refractivity contribution is 0.0524. The normalized spacial score (nSPS) is 15.3. The van der Waals surface area contributed by atoms with Gasteiger partial charge in [-0.15, -0.1) is 0 Å². The van der Waals surface area contributed by atoms with Crippen LogP contribution in [-0.2, 0) is 4.74 Å². The molecule has 0 atom stereocenters. The van der Waals surface area contributed by atoms with E-state index in [1.807, 2.05) is 24.3 Å². The summed E-state index contributed by atoms with van der Waals surface area (Å²) in [6, 6.07) is 12.3. The van der Waals surface area contributed by atoms with Crippen molar-refractivity contribution in [3.8, 4) is 16.8 Å². The van der Waals surface area contributed by atoms with Gasteiger partial charge in [0.1, 0.15) is 11.4 Å². The Balaban J connectivity index is 1.49. The van der Waals surface area contributed by atoms with E-state index in [1.54, 1.807) is 47.9 Å². The number of hydrogen-bond donors (Lipinski definition) is 0. The van der Waals surface area contributed by atoms with Crippen molar-refractivity contribution >= 4 is 11.9 Å². The van der Waals surface area contributed by atoms with Crippen molar-refractivity contribution in [2.45, 2.75) is 38.5 Å².